The smallest absolute Gasteiger partial charge is 0.306 e. The monoisotopic (exact) mass is 257 g/mol. The van der Waals surface area contributed by atoms with Gasteiger partial charge in [0, 0.05) is 0 Å². The second-order valence-electron chi connectivity index (χ2n) is 4.26. The summed E-state index contributed by atoms with van der Waals surface area (Å²) in [6.45, 7) is 2.67. The molecule has 0 aliphatic heterocycles. The fraction of sp³-hybridized carbons (Fsp3) is 0.462. The summed E-state index contributed by atoms with van der Waals surface area (Å²) < 4.78 is 26.1. The third-order valence-electron chi connectivity index (χ3n) is 2.75. The van der Waals surface area contributed by atoms with Gasteiger partial charge in [-0.3, -0.25) is 4.79 Å². The Hall–Kier alpha value is -1.49. The number of aliphatic carboxylic acids is 1. The van der Waals surface area contributed by atoms with E-state index in [9.17, 15) is 13.6 Å². The predicted octanol–water partition coefficient (Wildman–Crippen LogP) is 2.21. The topological polar surface area (TPSA) is 49.3 Å². The maximum absolute atomic E-state index is 13.2. The number of carbonyl (C=O) groups is 1. The average Bonchev–Trinajstić information content (AvgIpc) is 2.32. The Bertz CT molecular complexity index is 410. The lowest BCUT2D eigenvalue weighted by molar-refractivity contribution is -0.141. The molecule has 18 heavy (non-hydrogen) atoms. The highest BCUT2D eigenvalue weighted by atomic mass is 19.1. The number of benzene rings is 1. The predicted molar refractivity (Wildman–Crippen MR) is 64.3 cm³/mol. The van der Waals surface area contributed by atoms with Crippen LogP contribution in [0.4, 0.5) is 8.78 Å². The number of hydrogen-bond donors (Lipinski definition) is 2. The Morgan fingerprint density at radius 1 is 1.39 bits per heavy atom. The first-order chi connectivity index (χ1) is 8.50. The first-order valence-electron chi connectivity index (χ1n) is 5.88. The van der Waals surface area contributed by atoms with Crippen molar-refractivity contribution in [1.82, 2.24) is 5.32 Å². The molecule has 2 N–H and O–H groups in total. The van der Waals surface area contributed by atoms with E-state index in [2.05, 4.69) is 5.32 Å². The molecular weight excluding hydrogens is 240 g/mol. The van der Waals surface area contributed by atoms with Crippen molar-refractivity contribution in [1.29, 1.82) is 0 Å². The molecular formula is C13H17F2NO2. The minimum absolute atomic E-state index is 0.328. The zero-order valence-electron chi connectivity index (χ0n) is 10.2. The average molecular weight is 257 g/mol. The number of hydrogen-bond acceptors (Lipinski definition) is 2. The summed E-state index contributed by atoms with van der Waals surface area (Å²) in [7, 11) is 0. The standard InChI is InChI=1S/C13H17F2NO2/c1-9(13(17)18)4-6-16-7-5-10-8-11(14)2-3-12(10)15/h2-3,8-9,16H,4-7H2,1H3,(H,17,18). The summed E-state index contributed by atoms with van der Waals surface area (Å²) in [5.41, 5.74) is 0.328. The van der Waals surface area contributed by atoms with E-state index < -0.39 is 23.5 Å². The van der Waals surface area contributed by atoms with E-state index in [4.69, 9.17) is 5.11 Å². The van der Waals surface area contributed by atoms with E-state index in [1.165, 1.54) is 6.07 Å². The van der Waals surface area contributed by atoms with Gasteiger partial charge >= 0.3 is 5.97 Å². The molecule has 0 aliphatic carbocycles. The summed E-state index contributed by atoms with van der Waals surface area (Å²) in [6, 6.07) is 3.37. The molecule has 100 valence electrons. The SMILES string of the molecule is CC(CCNCCc1cc(F)ccc1F)C(=O)O. The quantitative estimate of drug-likeness (QED) is 0.736. The zero-order chi connectivity index (χ0) is 13.5. The maximum Gasteiger partial charge on any atom is 0.306 e. The second-order valence-corrected chi connectivity index (χ2v) is 4.26. The van der Waals surface area contributed by atoms with Gasteiger partial charge < -0.3 is 10.4 Å². The number of nitrogens with one attached hydrogen (secondary N) is 1. The van der Waals surface area contributed by atoms with E-state index in [1.54, 1.807) is 6.92 Å². The van der Waals surface area contributed by atoms with Crippen molar-refractivity contribution >= 4 is 5.97 Å². The Labute approximate surface area is 105 Å². The Morgan fingerprint density at radius 3 is 2.78 bits per heavy atom. The van der Waals surface area contributed by atoms with Gasteiger partial charge in [0.1, 0.15) is 11.6 Å². The highest BCUT2D eigenvalue weighted by Crippen LogP contribution is 2.09. The molecule has 0 aromatic heterocycles. The molecule has 0 bridgehead atoms. The van der Waals surface area contributed by atoms with Gasteiger partial charge in [0.25, 0.3) is 0 Å². The van der Waals surface area contributed by atoms with Crippen LogP contribution < -0.4 is 5.32 Å². The van der Waals surface area contributed by atoms with E-state index in [0.717, 1.165) is 12.1 Å². The molecule has 0 fully saturated rings. The Morgan fingerprint density at radius 2 is 2.11 bits per heavy atom. The first kappa shape index (κ1) is 14.6. The molecule has 3 nitrogen and oxygen atoms in total. The van der Waals surface area contributed by atoms with E-state index in [0.29, 0.717) is 31.5 Å². The molecule has 1 atom stereocenters. The molecule has 0 saturated carbocycles. The van der Waals surface area contributed by atoms with Gasteiger partial charge in [-0.2, -0.15) is 0 Å². The number of rotatable bonds is 7. The summed E-state index contributed by atoms with van der Waals surface area (Å²) in [5, 5.41) is 11.7. The molecule has 0 heterocycles. The lowest BCUT2D eigenvalue weighted by Crippen LogP contribution is -2.22. The van der Waals surface area contributed by atoms with Crippen LogP contribution in [0, 0.1) is 17.6 Å². The molecule has 1 aromatic rings. The Balaban J connectivity index is 2.26. The minimum atomic E-state index is -0.826. The number of carboxylic acids is 1. The van der Waals surface area contributed by atoms with Gasteiger partial charge in [0.15, 0.2) is 0 Å². The third kappa shape index (κ3) is 4.79. The largest absolute Gasteiger partial charge is 0.481 e. The summed E-state index contributed by atoms with van der Waals surface area (Å²) in [4.78, 5) is 10.5. The molecule has 1 aromatic carbocycles. The van der Waals surface area contributed by atoms with Crippen molar-refractivity contribution in [2.75, 3.05) is 13.1 Å². The summed E-state index contributed by atoms with van der Waals surface area (Å²) in [5.74, 6) is -2.10. The van der Waals surface area contributed by atoms with Gasteiger partial charge in [-0.1, -0.05) is 6.92 Å². The van der Waals surface area contributed by atoms with Gasteiger partial charge in [-0.25, -0.2) is 8.78 Å². The van der Waals surface area contributed by atoms with Crippen molar-refractivity contribution in [2.24, 2.45) is 5.92 Å². The molecule has 0 spiro atoms. The Kier molecular flexibility index (Phi) is 5.71. The van der Waals surface area contributed by atoms with Crippen molar-refractivity contribution in [3.05, 3.63) is 35.4 Å². The van der Waals surface area contributed by atoms with Crippen LogP contribution in [-0.2, 0) is 11.2 Å². The van der Waals surface area contributed by atoms with Crippen LogP contribution in [0.15, 0.2) is 18.2 Å². The zero-order valence-corrected chi connectivity index (χ0v) is 10.2. The van der Waals surface area contributed by atoms with Crippen molar-refractivity contribution in [3.8, 4) is 0 Å². The fourth-order valence-electron chi connectivity index (χ4n) is 1.52. The second kappa shape index (κ2) is 7.06. The lowest BCUT2D eigenvalue weighted by atomic mass is 10.1. The number of carboxylic acid groups (broad SMARTS) is 1. The molecule has 0 saturated heterocycles. The minimum Gasteiger partial charge on any atom is -0.481 e. The van der Waals surface area contributed by atoms with Gasteiger partial charge in [0.2, 0.25) is 0 Å². The molecule has 5 heteroatoms. The third-order valence-corrected chi connectivity index (χ3v) is 2.75. The highest BCUT2D eigenvalue weighted by Gasteiger charge is 2.09. The molecule has 0 aliphatic rings. The summed E-state index contributed by atoms with van der Waals surface area (Å²) in [6.07, 6.45) is 0.895. The van der Waals surface area contributed by atoms with Crippen molar-refractivity contribution in [3.63, 3.8) is 0 Å². The van der Waals surface area contributed by atoms with E-state index >= 15 is 0 Å². The highest BCUT2D eigenvalue weighted by molar-refractivity contribution is 5.69. The van der Waals surface area contributed by atoms with Crippen LogP contribution in [0.1, 0.15) is 18.9 Å². The van der Waals surface area contributed by atoms with E-state index in [1.807, 2.05) is 0 Å². The first-order valence-corrected chi connectivity index (χ1v) is 5.88. The van der Waals surface area contributed by atoms with Crippen LogP contribution >= 0.6 is 0 Å². The molecule has 0 amide bonds. The van der Waals surface area contributed by atoms with Gasteiger partial charge in [-0.05, 0) is 49.7 Å². The fourth-order valence-corrected chi connectivity index (χ4v) is 1.52. The van der Waals surface area contributed by atoms with Crippen molar-refractivity contribution in [2.45, 2.75) is 19.8 Å². The van der Waals surface area contributed by atoms with Crippen molar-refractivity contribution < 1.29 is 18.7 Å². The molecule has 1 rings (SSSR count). The lowest BCUT2D eigenvalue weighted by Gasteiger charge is -2.08. The summed E-state index contributed by atoms with van der Waals surface area (Å²) >= 11 is 0. The van der Waals surface area contributed by atoms with Gasteiger partial charge in [0.05, 0.1) is 5.92 Å². The van der Waals surface area contributed by atoms with E-state index in [-0.39, 0.29) is 0 Å². The van der Waals surface area contributed by atoms with Crippen LogP contribution in [0.5, 0.6) is 0 Å². The van der Waals surface area contributed by atoms with Crippen LogP contribution in [-0.4, -0.2) is 24.2 Å². The maximum atomic E-state index is 13.2. The normalized spacial score (nSPS) is 12.4. The number of halogens is 2. The van der Waals surface area contributed by atoms with Crippen LogP contribution in [0.3, 0.4) is 0 Å². The van der Waals surface area contributed by atoms with Crippen LogP contribution in [0.2, 0.25) is 0 Å². The van der Waals surface area contributed by atoms with Gasteiger partial charge in [-0.15, -0.1) is 0 Å². The molecule has 0 radical (unpaired) electrons. The molecule has 1 unspecified atom stereocenters. The van der Waals surface area contributed by atoms with Crippen LogP contribution in [0.25, 0.3) is 0 Å².